The Bertz CT molecular complexity index is 3930. The molecule has 0 aromatic heterocycles. The van der Waals surface area contributed by atoms with E-state index in [1.807, 2.05) is 105 Å². The topological polar surface area (TPSA) is 166 Å². The molecule has 5 aromatic rings. The van der Waals surface area contributed by atoms with Crippen LogP contribution >= 0.6 is 11.8 Å². The first-order valence-electron chi connectivity index (χ1n) is 29.6. The van der Waals surface area contributed by atoms with Gasteiger partial charge in [-0.15, -0.1) is 29.3 Å². The zero-order valence-electron chi connectivity index (χ0n) is 52.2. The van der Waals surface area contributed by atoms with E-state index in [1.54, 1.807) is 72.8 Å². The molecule has 0 fully saturated rings. The van der Waals surface area contributed by atoms with E-state index in [9.17, 15) is 48.8 Å². The van der Waals surface area contributed by atoms with Crippen molar-refractivity contribution in [2.45, 2.75) is 52.4 Å². The molecule has 0 bridgehead atoms. The number of quaternary nitrogens is 1. The van der Waals surface area contributed by atoms with Crippen molar-refractivity contribution in [1.82, 2.24) is 0 Å². The Morgan fingerprint density at radius 2 is 1.19 bits per heavy atom. The maximum atomic E-state index is 10.1. The number of hydrogen-bond acceptors (Lipinski definition) is 8. The lowest BCUT2D eigenvalue weighted by Gasteiger charge is -2.27. The van der Waals surface area contributed by atoms with Crippen LogP contribution in [0.5, 0.6) is 0 Å². The van der Waals surface area contributed by atoms with Gasteiger partial charge in [-0.05, 0) is 121 Å². The van der Waals surface area contributed by atoms with E-state index in [-0.39, 0.29) is 33.8 Å². The lowest BCUT2D eigenvalue weighted by molar-refractivity contribution is -0.648. The number of nitriles is 6. The molecule has 0 unspecified atom stereocenters. The predicted molar refractivity (Wildman–Crippen MR) is 366 cm³/mol. The second kappa shape index (κ2) is 39.8. The highest BCUT2D eigenvalue weighted by molar-refractivity contribution is 8.08. The number of fused-ring (bicyclic) bond motifs is 1. The Labute approximate surface area is 539 Å². The number of rotatable bonds is 16. The van der Waals surface area contributed by atoms with Gasteiger partial charge in [0.2, 0.25) is 0 Å². The van der Waals surface area contributed by atoms with Gasteiger partial charge in [0.25, 0.3) is 0 Å². The van der Waals surface area contributed by atoms with Crippen molar-refractivity contribution in [3.8, 4) is 36.4 Å². The summed E-state index contributed by atoms with van der Waals surface area (Å²) >= 11 is 1.84. The van der Waals surface area contributed by atoms with Crippen LogP contribution in [0.4, 0.5) is 23.0 Å². The van der Waals surface area contributed by atoms with Crippen molar-refractivity contribution in [3.05, 3.63) is 304 Å². The van der Waals surface area contributed by atoms with Crippen LogP contribution < -0.4 is 10.2 Å². The molecule has 0 saturated carbocycles. The highest BCUT2D eigenvalue weighted by Crippen LogP contribution is 2.44. The van der Waals surface area contributed by atoms with Gasteiger partial charge in [0, 0.05) is 69.6 Å². The maximum Gasteiger partial charge on any atom is 0.673 e. The van der Waals surface area contributed by atoms with Gasteiger partial charge >= 0.3 is 7.25 Å². The number of nitrogens with zero attached hydrogens (tertiary/aromatic N) is 8. The minimum absolute atomic E-state index is 0.146. The molecule has 0 amide bonds. The van der Waals surface area contributed by atoms with Crippen LogP contribution in [0.1, 0.15) is 69.7 Å². The molecule has 458 valence electrons. The van der Waals surface area contributed by atoms with Gasteiger partial charge in [-0.2, -0.15) is 15.8 Å². The van der Waals surface area contributed by atoms with Crippen LogP contribution in [0.25, 0.3) is 21.6 Å². The number of hydrogen-bond donors (Lipinski definition) is 1. The summed E-state index contributed by atoms with van der Waals surface area (Å²) < 4.78 is 41.1. The van der Waals surface area contributed by atoms with Gasteiger partial charge in [-0.1, -0.05) is 189 Å². The fraction of sp³-hybridized carbons (Fsp3) is 0.158. The van der Waals surface area contributed by atoms with Gasteiger partial charge in [0.15, 0.2) is 5.71 Å². The van der Waals surface area contributed by atoms with Gasteiger partial charge in [0.05, 0.1) is 24.7 Å². The van der Waals surface area contributed by atoms with Crippen LogP contribution in [0.3, 0.4) is 0 Å². The average Bonchev–Trinajstić information content (AvgIpc) is 1.92. The second-order valence-electron chi connectivity index (χ2n) is 19.5. The zero-order chi connectivity index (χ0) is 66.4. The summed E-state index contributed by atoms with van der Waals surface area (Å²) in [4.78, 5) is 4.79. The van der Waals surface area contributed by atoms with Gasteiger partial charge in [0.1, 0.15) is 31.8 Å². The molecular formula is C76H72BF4N9S. The van der Waals surface area contributed by atoms with Crippen LogP contribution in [0, 0.1) is 73.9 Å². The van der Waals surface area contributed by atoms with Crippen LogP contribution in [0.15, 0.2) is 281 Å². The molecular weight excluding hydrogens is 1160 g/mol. The Kier molecular flexibility index (Phi) is 31.7. The first kappa shape index (κ1) is 72.6. The minimum atomic E-state index is -6.00. The molecule has 1 aliphatic heterocycles. The number of para-hydroxylation sites is 1. The largest absolute Gasteiger partial charge is 0.673 e. The summed E-state index contributed by atoms with van der Waals surface area (Å²) in [6, 6.07) is 59.0. The molecule has 3 aliphatic rings. The first-order chi connectivity index (χ1) is 44.2. The number of allylic oxidation sites excluding steroid dienone is 24. The SMILES string of the molecule is CC.CCN(C1=C(/C=C/C=C(\C#N)C(=C(C#N)C#N)c2ccccc2)CC\C1=C/C=C/C(C#N)=C(/c1ccccc1)[C-](C#N)C#N)c1ccccc1.CC[NH2+]CC.C[N+](C)=C1C=CC(=CC=CC=C2C=C(c3ccccc3)Sc3ccccc32)C=C1.F[B-](F)(F)F. The standard InChI is InChI=1S/C43H30N7.C27H24NS.C4H11N.C2H6.BF4/c1-2-50(40-22-10-5-11-23-40)43-34(18-12-20-36(26-44)41(38(28-46)29-47)32-14-6-3-7-15-32)24-25-35(43)19-13-21-37(27-45)42(39(30-48)31-49)33-16-8-4-9-17-33;1-28(2)24-18-16-21(17-19-24)10-6-7-13-23-20-27(22-11-4-3-5-12-22)29-26-15-9-8-14-25(23)26;1-3-5-4-2;1-2;2-1(3,4)5/h3-23H,2,24-25H2,1H3;3-20H,1-2H3;5H,3-4H2,1-2H3;1-2H3;/q-1;+1;;;-1/p+1/b18-12+,21-13+,35-19+,36-20+,42-37+;;;;. The maximum absolute atomic E-state index is 10.1. The smallest absolute Gasteiger partial charge is 0.418 e. The molecule has 0 radical (unpaired) electrons. The van der Waals surface area contributed by atoms with E-state index < -0.39 is 7.25 Å². The van der Waals surface area contributed by atoms with Crippen molar-refractivity contribution in [2.75, 3.05) is 38.6 Å². The summed E-state index contributed by atoms with van der Waals surface area (Å²) in [5, 5.41) is 61.1. The highest BCUT2D eigenvalue weighted by Gasteiger charge is 2.24. The Hall–Kier alpha value is -10.9. The van der Waals surface area contributed by atoms with Crippen molar-refractivity contribution in [1.29, 1.82) is 31.6 Å². The van der Waals surface area contributed by atoms with Crippen molar-refractivity contribution >= 4 is 52.0 Å². The fourth-order valence-corrected chi connectivity index (χ4v) is 10.3. The monoisotopic (exact) mass is 1230 g/mol. The third kappa shape index (κ3) is 23.3. The van der Waals surface area contributed by atoms with E-state index in [2.05, 4.69) is 171 Å². The molecule has 15 heteroatoms. The van der Waals surface area contributed by atoms with E-state index >= 15 is 0 Å². The summed E-state index contributed by atoms with van der Waals surface area (Å²) in [7, 11) is -1.88. The molecule has 0 atom stereocenters. The number of thioether (sulfide) groups is 1. The first-order valence-corrected chi connectivity index (χ1v) is 30.4. The lowest BCUT2D eigenvalue weighted by Crippen LogP contribution is -2.82. The van der Waals surface area contributed by atoms with Crippen LogP contribution in [-0.4, -0.2) is 51.3 Å². The van der Waals surface area contributed by atoms with E-state index in [0.29, 0.717) is 30.5 Å². The number of halogens is 4. The molecule has 1 heterocycles. The molecule has 91 heavy (non-hydrogen) atoms. The second-order valence-corrected chi connectivity index (χ2v) is 20.6. The Morgan fingerprint density at radius 1 is 0.637 bits per heavy atom. The molecule has 8 rings (SSSR count). The average molecular weight is 1230 g/mol. The van der Waals surface area contributed by atoms with Gasteiger partial charge < -0.3 is 27.5 Å². The highest BCUT2D eigenvalue weighted by atomic mass is 32.2. The van der Waals surface area contributed by atoms with Crippen LogP contribution in [0.2, 0.25) is 0 Å². The Morgan fingerprint density at radius 3 is 1.71 bits per heavy atom. The summed E-state index contributed by atoms with van der Waals surface area (Å²) in [5.74, 6) is -0.146. The fourth-order valence-electron chi connectivity index (χ4n) is 9.23. The van der Waals surface area contributed by atoms with Gasteiger partial charge in [-0.25, -0.2) is 20.4 Å². The molecule has 9 nitrogen and oxygen atoms in total. The normalized spacial score (nSPS) is 14.1. The third-order valence-electron chi connectivity index (χ3n) is 13.3. The van der Waals surface area contributed by atoms with E-state index in [1.165, 1.54) is 50.9 Å². The summed E-state index contributed by atoms with van der Waals surface area (Å²) in [5.41, 5.74) is 12.2. The number of anilines is 1. The summed E-state index contributed by atoms with van der Waals surface area (Å²) in [6.07, 6.45) is 31.5. The molecule has 0 saturated heterocycles. The molecule has 2 aliphatic carbocycles. The Balaban J connectivity index is 0.000000360. The number of benzene rings is 5. The molecule has 2 N–H and O–H groups in total. The van der Waals surface area contributed by atoms with Crippen molar-refractivity contribution in [2.24, 2.45) is 0 Å². The third-order valence-corrected chi connectivity index (χ3v) is 14.5. The molecule has 0 spiro atoms. The number of likely N-dealkylation sites (N-methyl/N-ethyl adjacent to an activating group) is 1. The molecule has 5 aromatic carbocycles. The van der Waals surface area contributed by atoms with Gasteiger partial charge in [-0.3, -0.25) is 0 Å². The van der Waals surface area contributed by atoms with Crippen molar-refractivity contribution < 1.29 is 27.2 Å². The van der Waals surface area contributed by atoms with Crippen molar-refractivity contribution in [3.63, 3.8) is 0 Å². The summed E-state index contributed by atoms with van der Waals surface area (Å²) in [6.45, 7) is 13.5. The van der Waals surface area contributed by atoms with E-state index in [4.69, 9.17) is 0 Å². The lowest BCUT2D eigenvalue weighted by atomic mass is 9.90. The van der Waals surface area contributed by atoms with Crippen LogP contribution in [-0.2, 0) is 0 Å². The number of nitrogens with two attached hydrogens (primary N) is 1. The zero-order valence-corrected chi connectivity index (χ0v) is 53.0. The van der Waals surface area contributed by atoms with E-state index in [0.717, 1.165) is 22.5 Å². The predicted octanol–water partition coefficient (Wildman–Crippen LogP) is 17.6. The quantitative estimate of drug-likeness (QED) is 0.0255. The minimum Gasteiger partial charge on any atom is -0.418 e.